The van der Waals surface area contributed by atoms with E-state index in [2.05, 4.69) is 0 Å². The van der Waals surface area contributed by atoms with Crippen molar-refractivity contribution in [1.29, 1.82) is 0 Å². The molecule has 0 N–H and O–H groups in total. The Bertz CT molecular complexity index is 857. The van der Waals surface area contributed by atoms with Crippen LogP contribution in [0.1, 0.15) is 5.56 Å². The molecule has 0 saturated heterocycles. The quantitative estimate of drug-likeness (QED) is 0.844. The molecule has 2 aromatic rings. The van der Waals surface area contributed by atoms with Gasteiger partial charge in [0.25, 0.3) is 0 Å². The van der Waals surface area contributed by atoms with E-state index >= 15 is 0 Å². The Hall–Kier alpha value is -1.83. The van der Waals surface area contributed by atoms with Gasteiger partial charge in [-0.3, -0.25) is 0 Å². The highest BCUT2D eigenvalue weighted by Gasteiger charge is 2.23. The van der Waals surface area contributed by atoms with Crippen molar-refractivity contribution in [1.82, 2.24) is 4.31 Å². The number of hydrogen-bond acceptors (Lipinski definition) is 4. The van der Waals surface area contributed by atoms with Gasteiger partial charge < -0.3 is 9.47 Å². The fourth-order valence-electron chi connectivity index (χ4n) is 2.20. The molecular formula is C15H13ClFNO4S. The van der Waals surface area contributed by atoms with Crippen LogP contribution in [0.2, 0.25) is 5.02 Å². The number of nitrogens with zero attached hydrogens (tertiary/aromatic N) is 1. The fourth-order valence-corrected chi connectivity index (χ4v) is 3.63. The van der Waals surface area contributed by atoms with Gasteiger partial charge >= 0.3 is 0 Å². The van der Waals surface area contributed by atoms with Crippen LogP contribution in [-0.4, -0.2) is 26.6 Å². The van der Waals surface area contributed by atoms with Gasteiger partial charge in [-0.1, -0.05) is 17.7 Å². The summed E-state index contributed by atoms with van der Waals surface area (Å²) in [6, 6.07) is 8.54. The van der Waals surface area contributed by atoms with Gasteiger partial charge in [-0.05, 0) is 35.9 Å². The lowest BCUT2D eigenvalue weighted by Crippen LogP contribution is -2.26. The second-order valence-corrected chi connectivity index (χ2v) is 7.48. The second kappa shape index (κ2) is 5.99. The normalized spacial score (nSPS) is 13.6. The molecule has 0 aromatic heterocycles. The monoisotopic (exact) mass is 357 g/mol. The van der Waals surface area contributed by atoms with E-state index in [0.717, 1.165) is 22.0 Å². The third-order valence-electron chi connectivity index (χ3n) is 3.44. The van der Waals surface area contributed by atoms with E-state index in [0.29, 0.717) is 11.5 Å². The molecule has 1 aliphatic heterocycles. The number of rotatable bonds is 4. The lowest BCUT2D eigenvalue weighted by atomic mass is 10.2. The Morgan fingerprint density at radius 1 is 1.17 bits per heavy atom. The summed E-state index contributed by atoms with van der Waals surface area (Å²) in [6.45, 7) is 0.287. The van der Waals surface area contributed by atoms with E-state index in [1.807, 2.05) is 0 Å². The predicted molar refractivity (Wildman–Crippen MR) is 82.6 cm³/mol. The smallest absolute Gasteiger partial charge is 0.243 e. The molecule has 0 radical (unpaired) electrons. The number of ether oxygens (including phenoxy) is 2. The summed E-state index contributed by atoms with van der Waals surface area (Å²) >= 11 is 5.66. The van der Waals surface area contributed by atoms with E-state index in [-0.39, 0.29) is 23.3 Å². The van der Waals surface area contributed by atoms with Crippen LogP contribution in [0.25, 0.3) is 0 Å². The van der Waals surface area contributed by atoms with Crippen LogP contribution in [0.5, 0.6) is 11.5 Å². The molecule has 8 heteroatoms. The number of sulfonamides is 1. The Morgan fingerprint density at radius 3 is 2.65 bits per heavy atom. The number of benzene rings is 2. The van der Waals surface area contributed by atoms with E-state index in [1.54, 1.807) is 18.2 Å². The highest BCUT2D eigenvalue weighted by atomic mass is 35.5. The molecule has 122 valence electrons. The van der Waals surface area contributed by atoms with Crippen LogP contribution in [0.4, 0.5) is 4.39 Å². The average molecular weight is 358 g/mol. The summed E-state index contributed by atoms with van der Waals surface area (Å²) in [6.07, 6.45) is 0. The minimum Gasteiger partial charge on any atom is -0.454 e. The fraction of sp³-hybridized carbons (Fsp3) is 0.200. The molecule has 0 fully saturated rings. The summed E-state index contributed by atoms with van der Waals surface area (Å²) in [5.41, 5.74) is 0.744. The molecule has 0 saturated carbocycles. The van der Waals surface area contributed by atoms with Gasteiger partial charge in [0.05, 0.1) is 9.92 Å². The first-order valence-corrected chi connectivity index (χ1v) is 8.49. The topological polar surface area (TPSA) is 55.8 Å². The summed E-state index contributed by atoms with van der Waals surface area (Å²) in [7, 11) is -2.34. The van der Waals surface area contributed by atoms with Crippen LogP contribution >= 0.6 is 11.6 Å². The lowest BCUT2D eigenvalue weighted by molar-refractivity contribution is 0.174. The van der Waals surface area contributed by atoms with Crippen LogP contribution in [0, 0.1) is 5.82 Å². The predicted octanol–water partition coefficient (Wildman–Crippen LogP) is 3.03. The van der Waals surface area contributed by atoms with Crippen molar-refractivity contribution < 1.29 is 22.3 Å². The van der Waals surface area contributed by atoms with Crippen molar-refractivity contribution in [2.75, 3.05) is 13.8 Å². The number of hydrogen-bond donors (Lipinski definition) is 0. The summed E-state index contributed by atoms with van der Waals surface area (Å²) in [4.78, 5) is -0.0628. The Balaban J connectivity index is 1.84. The molecule has 5 nitrogen and oxygen atoms in total. The molecule has 0 amide bonds. The molecule has 1 heterocycles. The van der Waals surface area contributed by atoms with E-state index in [1.165, 1.54) is 13.1 Å². The van der Waals surface area contributed by atoms with Gasteiger partial charge in [0, 0.05) is 13.6 Å². The van der Waals surface area contributed by atoms with Gasteiger partial charge in [-0.25, -0.2) is 12.8 Å². The molecular weight excluding hydrogens is 345 g/mol. The first-order valence-electron chi connectivity index (χ1n) is 6.68. The van der Waals surface area contributed by atoms with E-state index in [9.17, 15) is 12.8 Å². The number of fused-ring (bicyclic) bond motifs is 1. The van der Waals surface area contributed by atoms with Crippen LogP contribution in [0.15, 0.2) is 41.3 Å². The molecule has 0 atom stereocenters. The lowest BCUT2D eigenvalue weighted by Gasteiger charge is -2.17. The van der Waals surface area contributed by atoms with Crippen molar-refractivity contribution in [3.05, 3.63) is 52.8 Å². The Morgan fingerprint density at radius 2 is 1.91 bits per heavy atom. The zero-order chi connectivity index (χ0) is 16.6. The molecule has 0 bridgehead atoms. The van der Waals surface area contributed by atoms with E-state index in [4.69, 9.17) is 21.1 Å². The van der Waals surface area contributed by atoms with Gasteiger partial charge in [-0.15, -0.1) is 0 Å². The summed E-state index contributed by atoms with van der Waals surface area (Å²) in [5.74, 6) is 0.548. The maximum absolute atomic E-state index is 13.2. The minimum atomic E-state index is -3.78. The minimum absolute atomic E-state index is 0.0628. The van der Waals surface area contributed by atoms with Gasteiger partial charge in [0.2, 0.25) is 16.8 Å². The van der Waals surface area contributed by atoms with Crippen LogP contribution in [0.3, 0.4) is 0 Å². The van der Waals surface area contributed by atoms with Crippen molar-refractivity contribution in [3.63, 3.8) is 0 Å². The molecule has 0 spiro atoms. The SMILES string of the molecule is CN(Cc1ccc2c(c1)OCO2)S(=O)(=O)c1ccc(F)c(Cl)c1. The summed E-state index contributed by atoms with van der Waals surface area (Å²) < 4.78 is 49.9. The standard InChI is InChI=1S/C15H13ClFNO4S/c1-18(8-10-2-5-14-15(6-10)22-9-21-14)23(19,20)11-3-4-13(17)12(16)7-11/h2-7H,8-9H2,1H3. The second-order valence-electron chi connectivity index (χ2n) is 5.02. The molecule has 1 aliphatic rings. The van der Waals surface area contributed by atoms with Crippen molar-refractivity contribution >= 4 is 21.6 Å². The van der Waals surface area contributed by atoms with Crippen LogP contribution in [-0.2, 0) is 16.6 Å². The van der Waals surface area contributed by atoms with Crippen molar-refractivity contribution in [3.8, 4) is 11.5 Å². The third-order valence-corrected chi connectivity index (χ3v) is 5.53. The van der Waals surface area contributed by atoms with Gasteiger partial charge in [0.15, 0.2) is 11.5 Å². The van der Waals surface area contributed by atoms with Gasteiger partial charge in [0.1, 0.15) is 5.82 Å². The maximum Gasteiger partial charge on any atom is 0.243 e. The molecule has 0 aliphatic carbocycles. The Labute approximate surface area is 138 Å². The first kappa shape index (κ1) is 16.0. The highest BCUT2D eigenvalue weighted by molar-refractivity contribution is 7.89. The maximum atomic E-state index is 13.2. The third kappa shape index (κ3) is 3.12. The zero-order valence-electron chi connectivity index (χ0n) is 12.1. The first-order chi connectivity index (χ1) is 10.9. The van der Waals surface area contributed by atoms with Gasteiger partial charge in [-0.2, -0.15) is 4.31 Å². The number of halogens is 2. The average Bonchev–Trinajstić information content (AvgIpc) is 2.97. The van der Waals surface area contributed by atoms with Crippen molar-refractivity contribution in [2.45, 2.75) is 11.4 Å². The molecule has 0 unspecified atom stereocenters. The van der Waals surface area contributed by atoms with Crippen molar-refractivity contribution in [2.24, 2.45) is 0 Å². The highest BCUT2D eigenvalue weighted by Crippen LogP contribution is 2.33. The largest absolute Gasteiger partial charge is 0.454 e. The van der Waals surface area contributed by atoms with E-state index < -0.39 is 15.8 Å². The molecule has 23 heavy (non-hydrogen) atoms. The molecule has 2 aromatic carbocycles. The summed E-state index contributed by atoms with van der Waals surface area (Å²) in [5, 5.41) is -0.234. The zero-order valence-corrected chi connectivity index (χ0v) is 13.7. The molecule has 3 rings (SSSR count). The Kier molecular flexibility index (Phi) is 4.18. The van der Waals surface area contributed by atoms with Crippen LogP contribution < -0.4 is 9.47 Å².